The molecule has 1 aromatic heterocycles. The molecule has 3 aromatic carbocycles. The molecule has 0 unspecified atom stereocenters. The lowest BCUT2D eigenvalue weighted by Crippen LogP contribution is -2.25. The number of benzene rings is 3. The molecule has 0 aliphatic carbocycles. The molecule has 0 saturated carbocycles. The molecule has 0 spiro atoms. The first-order chi connectivity index (χ1) is 12.7. The Bertz CT molecular complexity index is 1090. The van der Waals surface area contributed by atoms with Gasteiger partial charge in [-0.2, -0.15) is 0 Å². The summed E-state index contributed by atoms with van der Waals surface area (Å²) in [5.74, 6) is 0.100. The molecule has 0 saturated heterocycles. The molecule has 0 aliphatic rings. The fourth-order valence-corrected chi connectivity index (χ4v) is 2.85. The number of carbonyl (C=O) groups is 1. The summed E-state index contributed by atoms with van der Waals surface area (Å²) in [6, 6.07) is 20.0. The zero-order chi connectivity index (χ0) is 17.9. The third-order valence-corrected chi connectivity index (χ3v) is 4.24. The number of rotatable bonds is 4. The smallest absolute Gasteiger partial charge is 0.251 e. The Balaban J connectivity index is 1.49. The van der Waals surface area contributed by atoms with Gasteiger partial charge in [0.2, 0.25) is 0 Å². The maximum atomic E-state index is 12.4. The second-order valence-electron chi connectivity index (χ2n) is 6.09. The van der Waals surface area contributed by atoms with Crippen LogP contribution in [0.15, 0.2) is 66.7 Å². The standard InChI is InChI=1S/C21H17N3O2/c25-16-8-5-14(6-9-16)11-12-22-21(26)15-7-10-19-20(13-15)24-18-4-2-1-3-17(18)23-19/h1-10,13,25H,11-12H2,(H,22,26). The number of phenols is 1. The van der Waals surface area contributed by atoms with Crippen LogP contribution >= 0.6 is 0 Å². The number of hydrogen-bond donors (Lipinski definition) is 2. The topological polar surface area (TPSA) is 75.1 Å². The molecule has 4 rings (SSSR count). The van der Waals surface area contributed by atoms with Crippen LogP contribution in [0.1, 0.15) is 15.9 Å². The minimum Gasteiger partial charge on any atom is -0.508 e. The van der Waals surface area contributed by atoms with Crippen LogP contribution in [0.4, 0.5) is 0 Å². The summed E-state index contributed by atoms with van der Waals surface area (Å²) in [4.78, 5) is 21.6. The van der Waals surface area contributed by atoms with Crippen LogP contribution in [0, 0.1) is 0 Å². The number of carbonyl (C=O) groups excluding carboxylic acids is 1. The minimum atomic E-state index is -0.138. The van der Waals surface area contributed by atoms with Crippen molar-refractivity contribution in [2.75, 3.05) is 6.54 Å². The molecule has 5 heteroatoms. The van der Waals surface area contributed by atoms with Gasteiger partial charge in [0.1, 0.15) is 5.75 Å². The van der Waals surface area contributed by atoms with Gasteiger partial charge in [0.25, 0.3) is 5.91 Å². The fourth-order valence-electron chi connectivity index (χ4n) is 2.85. The van der Waals surface area contributed by atoms with Crippen LogP contribution in [0.5, 0.6) is 5.75 Å². The van der Waals surface area contributed by atoms with E-state index in [0.717, 1.165) is 22.1 Å². The van der Waals surface area contributed by atoms with Gasteiger partial charge in [0.05, 0.1) is 22.1 Å². The predicted octanol–water partition coefficient (Wildman–Crippen LogP) is 3.46. The first-order valence-corrected chi connectivity index (χ1v) is 8.42. The lowest BCUT2D eigenvalue weighted by Gasteiger charge is -2.07. The van der Waals surface area contributed by atoms with Crippen LogP contribution in [0.2, 0.25) is 0 Å². The molecule has 0 fully saturated rings. The molecule has 1 heterocycles. The Hall–Kier alpha value is -3.47. The lowest BCUT2D eigenvalue weighted by atomic mass is 10.1. The van der Waals surface area contributed by atoms with E-state index in [4.69, 9.17) is 0 Å². The maximum Gasteiger partial charge on any atom is 0.251 e. The number of fused-ring (bicyclic) bond motifs is 2. The summed E-state index contributed by atoms with van der Waals surface area (Å²) in [5, 5.41) is 12.2. The average molecular weight is 343 g/mol. The van der Waals surface area contributed by atoms with Gasteiger partial charge in [-0.15, -0.1) is 0 Å². The molecule has 2 N–H and O–H groups in total. The number of nitrogens with one attached hydrogen (secondary N) is 1. The molecule has 0 radical (unpaired) electrons. The third kappa shape index (κ3) is 3.32. The van der Waals surface area contributed by atoms with E-state index in [2.05, 4.69) is 15.3 Å². The highest BCUT2D eigenvalue weighted by atomic mass is 16.3. The summed E-state index contributed by atoms with van der Waals surface area (Å²) in [6.45, 7) is 0.519. The number of aromatic nitrogens is 2. The Labute approximate surface area is 150 Å². The number of phenolic OH excluding ortho intramolecular Hbond substituents is 1. The normalized spacial score (nSPS) is 10.9. The number of amides is 1. The van der Waals surface area contributed by atoms with Gasteiger partial charge in [-0.1, -0.05) is 24.3 Å². The molecule has 0 bridgehead atoms. The Kier molecular flexibility index (Phi) is 4.19. The summed E-state index contributed by atoms with van der Waals surface area (Å²) < 4.78 is 0. The summed E-state index contributed by atoms with van der Waals surface area (Å²) in [6.07, 6.45) is 0.698. The summed E-state index contributed by atoms with van der Waals surface area (Å²) >= 11 is 0. The van der Waals surface area contributed by atoms with Crippen molar-refractivity contribution in [2.24, 2.45) is 0 Å². The van der Waals surface area contributed by atoms with E-state index >= 15 is 0 Å². The number of nitrogens with zero attached hydrogens (tertiary/aromatic N) is 2. The van der Waals surface area contributed by atoms with Crippen molar-refractivity contribution >= 4 is 28.0 Å². The van der Waals surface area contributed by atoms with E-state index in [9.17, 15) is 9.90 Å². The lowest BCUT2D eigenvalue weighted by molar-refractivity contribution is 0.0954. The van der Waals surface area contributed by atoms with Crippen LogP contribution in [0.3, 0.4) is 0 Å². The Morgan fingerprint density at radius 3 is 2.23 bits per heavy atom. The molecule has 1 amide bonds. The van der Waals surface area contributed by atoms with E-state index in [1.807, 2.05) is 42.5 Å². The Morgan fingerprint density at radius 1 is 0.846 bits per heavy atom. The molecule has 0 aliphatic heterocycles. The maximum absolute atomic E-state index is 12.4. The minimum absolute atomic E-state index is 0.138. The van der Waals surface area contributed by atoms with Gasteiger partial charge in [0, 0.05) is 12.1 Å². The monoisotopic (exact) mass is 343 g/mol. The van der Waals surface area contributed by atoms with Crippen LogP contribution in [-0.2, 0) is 6.42 Å². The fraction of sp³-hybridized carbons (Fsp3) is 0.0952. The Morgan fingerprint density at radius 2 is 1.50 bits per heavy atom. The van der Waals surface area contributed by atoms with E-state index in [-0.39, 0.29) is 11.7 Å². The van der Waals surface area contributed by atoms with Gasteiger partial charge in [-0.05, 0) is 54.4 Å². The third-order valence-electron chi connectivity index (χ3n) is 4.24. The second kappa shape index (κ2) is 6.80. The van der Waals surface area contributed by atoms with Crippen molar-refractivity contribution < 1.29 is 9.90 Å². The number of aromatic hydroxyl groups is 1. The predicted molar refractivity (Wildman–Crippen MR) is 101 cm³/mol. The largest absolute Gasteiger partial charge is 0.508 e. The highest BCUT2D eigenvalue weighted by Gasteiger charge is 2.08. The number of para-hydroxylation sites is 2. The van der Waals surface area contributed by atoms with E-state index in [0.29, 0.717) is 24.0 Å². The zero-order valence-electron chi connectivity index (χ0n) is 14.0. The first-order valence-electron chi connectivity index (χ1n) is 8.42. The van der Waals surface area contributed by atoms with E-state index < -0.39 is 0 Å². The average Bonchev–Trinajstić information content (AvgIpc) is 2.67. The van der Waals surface area contributed by atoms with Crippen molar-refractivity contribution in [1.82, 2.24) is 15.3 Å². The van der Waals surface area contributed by atoms with Crippen LogP contribution < -0.4 is 5.32 Å². The zero-order valence-corrected chi connectivity index (χ0v) is 14.0. The van der Waals surface area contributed by atoms with Crippen molar-refractivity contribution in [3.63, 3.8) is 0 Å². The highest BCUT2D eigenvalue weighted by Crippen LogP contribution is 2.17. The molecular formula is C21H17N3O2. The molecule has 128 valence electrons. The molecule has 5 nitrogen and oxygen atoms in total. The quantitative estimate of drug-likeness (QED) is 0.557. The van der Waals surface area contributed by atoms with E-state index in [1.54, 1.807) is 24.3 Å². The highest BCUT2D eigenvalue weighted by molar-refractivity contribution is 5.98. The van der Waals surface area contributed by atoms with Gasteiger partial charge < -0.3 is 10.4 Å². The molecule has 0 atom stereocenters. The van der Waals surface area contributed by atoms with Gasteiger partial charge >= 0.3 is 0 Å². The second-order valence-corrected chi connectivity index (χ2v) is 6.09. The molecule has 4 aromatic rings. The van der Waals surface area contributed by atoms with Crippen LogP contribution in [-0.4, -0.2) is 27.5 Å². The van der Waals surface area contributed by atoms with Crippen molar-refractivity contribution in [1.29, 1.82) is 0 Å². The van der Waals surface area contributed by atoms with Crippen LogP contribution in [0.25, 0.3) is 22.1 Å². The SMILES string of the molecule is O=C(NCCc1ccc(O)cc1)c1ccc2nc3ccccc3nc2c1. The van der Waals surface area contributed by atoms with Crippen molar-refractivity contribution in [3.8, 4) is 5.75 Å². The molecule has 26 heavy (non-hydrogen) atoms. The van der Waals surface area contributed by atoms with Crippen molar-refractivity contribution in [3.05, 3.63) is 77.9 Å². The van der Waals surface area contributed by atoms with Crippen molar-refractivity contribution in [2.45, 2.75) is 6.42 Å². The number of hydrogen-bond acceptors (Lipinski definition) is 4. The molecular weight excluding hydrogens is 326 g/mol. The van der Waals surface area contributed by atoms with Gasteiger partial charge in [-0.3, -0.25) is 4.79 Å². The van der Waals surface area contributed by atoms with Gasteiger partial charge in [0.15, 0.2) is 0 Å². The first kappa shape index (κ1) is 16.0. The summed E-state index contributed by atoms with van der Waals surface area (Å²) in [5.41, 5.74) is 4.74. The van der Waals surface area contributed by atoms with E-state index in [1.165, 1.54) is 0 Å². The van der Waals surface area contributed by atoms with Gasteiger partial charge in [-0.25, -0.2) is 9.97 Å². The summed E-state index contributed by atoms with van der Waals surface area (Å²) in [7, 11) is 0.